The van der Waals surface area contributed by atoms with Crippen LogP contribution in [0.1, 0.15) is 78.4 Å². The summed E-state index contributed by atoms with van der Waals surface area (Å²) in [5.41, 5.74) is -0.600. The number of benzene rings is 1. The molecule has 0 aliphatic heterocycles. The molecule has 0 heterocycles. The Morgan fingerprint density at radius 2 is 1.77 bits per heavy atom. The van der Waals surface area contributed by atoms with Gasteiger partial charge in [0.2, 0.25) is 5.91 Å². The fraction of sp³-hybridized carbons (Fsp3) is 0.720. The van der Waals surface area contributed by atoms with Crippen LogP contribution in [0.3, 0.4) is 0 Å². The number of aliphatic hydroxyl groups excluding tert-OH is 1. The summed E-state index contributed by atoms with van der Waals surface area (Å²) in [6, 6.07) is 2.63. The second kappa shape index (κ2) is 14.2. The number of aliphatic hydroxyl groups is 1. The lowest BCUT2D eigenvalue weighted by molar-refractivity contribution is -0.386. The van der Waals surface area contributed by atoms with E-state index >= 15 is 0 Å². The van der Waals surface area contributed by atoms with Crippen molar-refractivity contribution in [1.82, 2.24) is 5.32 Å². The van der Waals surface area contributed by atoms with Gasteiger partial charge in [0.25, 0.3) is 5.69 Å². The summed E-state index contributed by atoms with van der Waals surface area (Å²) in [6.45, 7) is 10.9. The number of nitro benzene ring substituents is 1. The van der Waals surface area contributed by atoms with Crippen LogP contribution >= 0.6 is 0 Å². The van der Waals surface area contributed by atoms with Gasteiger partial charge >= 0.3 is 0 Å². The molecule has 10 nitrogen and oxygen atoms in total. The highest BCUT2D eigenvalue weighted by Crippen LogP contribution is 2.37. The summed E-state index contributed by atoms with van der Waals surface area (Å²) in [7, 11) is 3.11. The summed E-state index contributed by atoms with van der Waals surface area (Å²) < 4.78 is 22.2. The highest BCUT2D eigenvalue weighted by molar-refractivity contribution is 5.75. The van der Waals surface area contributed by atoms with Gasteiger partial charge in [-0.3, -0.25) is 14.9 Å². The van der Waals surface area contributed by atoms with Crippen LogP contribution in [0.5, 0.6) is 11.5 Å². The van der Waals surface area contributed by atoms with Crippen LogP contribution in [-0.2, 0) is 14.3 Å². The SMILES string of the molecule is COc1cc(C(C)O)c([N+](=O)[O-])cc1OCCCC(=O)NCCCC(C)(C)OCCC(C)(C)OC. The third-order valence-corrected chi connectivity index (χ3v) is 5.79. The second-order valence-electron chi connectivity index (χ2n) is 9.72. The van der Waals surface area contributed by atoms with Gasteiger partial charge in [0, 0.05) is 20.1 Å². The first-order valence-corrected chi connectivity index (χ1v) is 11.9. The molecule has 0 bridgehead atoms. The van der Waals surface area contributed by atoms with Crippen molar-refractivity contribution in [2.24, 2.45) is 0 Å². The Labute approximate surface area is 208 Å². The number of nitro groups is 1. The first-order chi connectivity index (χ1) is 16.3. The Kier molecular flexibility index (Phi) is 12.4. The van der Waals surface area contributed by atoms with Gasteiger partial charge in [-0.05, 0) is 66.4 Å². The van der Waals surface area contributed by atoms with E-state index in [2.05, 4.69) is 5.32 Å². The predicted octanol–water partition coefficient (Wildman–Crippen LogP) is 4.32. The minimum Gasteiger partial charge on any atom is -0.493 e. The maximum absolute atomic E-state index is 12.1. The van der Waals surface area contributed by atoms with E-state index in [-0.39, 0.29) is 52.9 Å². The molecule has 0 spiro atoms. The summed E-state index contributed by atoms with van der Waals surface area (Å²) >= 11 is 0. The van der Waals surface area contributed by atoms with E-state index < -0.39 is 11.0 Å². The first-order valence-electron chi connectivity index (χ1n) is 11.9. The number of ether oxygens (including phenoxy) is 4. The van der Waals surface area contributed by atoms with Gasteiger partial charge in [-0.15, -0.1) is 0 Å². The number of amides is 1. The molecule has 0 aromatic heterocycles. The zero-order valence-electron chi connectivity index (χ0n) is 22.1. The highest BCUT2D eigenvalue weighted by atomic mass is 16.6. The van der Waals surface area contributed by atoms with E-state index in [1.807, 2.05) is 27.7 Å². The topological polar surface area (TPSA) is 129 Å². The predicted molar refractivity (Wildman–Crippen MR) is 133 cm³/mol. The molecule has 0 aliphatic carbocycles. The smallest absolute Gasteiger partial charge is 0.279 e. The fourth-order valence-corrected chi connectivity index (χ4v) is 3.32. The normalized spacial score (nSPS) is 12.8. The average Bonchev–Trinajstić information content (AvgIpc) is 2.78. The molecule has 0 aliphatic rings. The summed E-state index contributed by atoms with van der Waals surface area (Å²) in [5.74, 6) is 0.392. The molecule has 0 saturated heterocycles. The number of rotatable bonds is 17. The van der Waals surface area contributed by atoms with E-state index in [0.717, 1.165) is 19.3 Å². The van der Waals surface area contributed by atoms with Crippen molar-refractivity contribution in [3.8, 4) is 11.5 Å². The Morgan fingerprint density at radius 3 is 2.34 bits per heavy atom. The van der Waals surface area contributed by atoms with Crippen molar-refractivity contribution >= 4 is 11.6 Å². The molecule has 0 radical (unpaired) electrons. The standard InChI is InChI=1S/C25H42N2O8/c1-18(28)19-16-21(32-6)22(17-20(19)27(30)31)34-14-8-10-23(29)26-13-9-11-25(4,5)35-15-12-24(2,3)33-7/h16-18,28H,8-15H2,1-7H3,(H,26,29). The molecule has 1 aromatic rings. The summed E-state index contributed by atoms with van der Waals surface area (Å²) in [6.07, 6.45) is 2.08. The summed E-state index contributed by atoms with van der Waals surface area (Å²) in [4.78, 5) is 22.9. The van der Waals surface area contributed by atoms with E-state index in [0.29, 0.717) is 19.6 Å². The monoisotopic (exact) mass is 498 g/mol. The zero-order valence-corrected chi connectivity index (χ0v) is 22.1. The van der Waals surface area contributed by atoms with E-state index in [1.165, 1.54) is 26.2 Å². The lowest BCUT2D eigenvalue weighted by Crippen LogP contribution is -2.31. The molecule has 1 rings (SSSR count). The number of nitrogens with one attached hydrogen (secondary N) is 1. The maximum Gasteiger partial charge on any atom is 0.279 e. The van der Waals surface area contributed by atoms with Gasteiger partial charge < -0.3 is 29.4 Å². The Hall–Kier alpha value is -2.43. The van der Waals surface area contributed by atoms with Crippen LogP contribution in [0.4, 0.5) is 5.69 Å². The third-order valence-electron chi connectivity index (χ3n) is 5.79. The lowest BCUT2D eigenvalue weighted by atomic mass is 10.0. The van der Waals surface area contributed by atoms with Gasteiger partial charge in [0.1, 0.15) is 0 Å². The molecule has 1 unspecified atom stereocenters. The minimum absolute atomic E-state index is 0.0865. The van der Waals surface area contributed by atoms with Gasteiger partial charge in [-0.25, -0.2) is 0 Å². The molecule has 1 aromatic carbocycles. The average molecular weight is 499 g/mol. The molecule has 10 heteroatoms. The van der Waals surface area contributed by atoms with Crippen LogP contribution in [0.25, 0.3) is 0 Å². The number of carbonyl (C=O) groups excluding carboxylic acids is 1. The van der Waals surface area contributed by atoms with Gasteiger partial charge in [0.15, 0.2) is 11.5 Å². The highest BCUT2D eigenvalue weighted by Gasteiger charge is 2.23. The van der Waals surface area contributed by atoms with E-state index in [9.17, 15) is 20.0 Å². The first kappa shape index (κ1) is 30.6. The molecule has 35 heavy (non-hydrogen) atoms. The van der Waals surface area contributed by atoms with Gasteiger partial charge in [-0.1, -0.05) is 0 Å². The molecule has 1 atom stereocenters. The van der Waals surface area contributed by atoms with Crippen molar-refractivity contribution < 1.29 is 33.8 Å². The molecular formula is C25H42N2O8. The van der Waals surface area contributed by atoms with Crippen LogP contribution in [-0.4, -0.2) is 61.1 Å². The van der Waals surface area contributed by atoms with E-state index in [1.54, 1.807) is 7.11 Å². The number of hydrogen-bond donors (Lipinski definition) is 2. The molecule has 0 fully saturated rings. The quantitative estimate of drug-likeness (QED) is 0.184. The van der Waals surface area contributed by atoms with Crippen molar-refractivity contribution in [2.75, 3.05) is 34.0 Å². The number of nitrogens with zero attached hydrogens (tertiary/aromatic N) is 1. The zero-order chi connectivity index (χ0) is 26.6. The molecule has 0 saturated carbocycles. The molecule has 2 N–H and O–H groups in total. The Bertz CT molecular complexity index is 824. The number of methoxy groups -OCH3 is 2. The van der Waals surface area contributed by atoms with Crippen LogP contribution < -0.4 is 14.8 Å². The number of hydrogen-bond acceptors (Lipinski definition) is 8. The molecular weight excluding hydrogens is 456 g/mol. The molecule has 1 amide bonds. The maximum atomic E-state index is 12.1. The lowest BCUT2D eigenvalue weighted by Gasteiger charge is -2.29. The van der Waals surface area contributed by atoms with E-state index in [4.69, 9.17) is 18.9 Å². The minimum atomic E-state index is -1.03. The third kappa shape index (κ3) is 11.2. The van der Waals surface area contributed by atoms with Gasteiger partial charge in [0.05, 0.1) is 54.2 Å². The fourth-order valence-electron chi connectivity index (χ4n) is 3.32. The largest absolute Gasteiger partial charge is 0.493 e. The Morgan fingerprint density at radius 1 is 1.09 bits per heavy atom. The van der Waals surface area contributed by atoms with Crippen molar-refractivity contribution in [2.45, 2.75) is 84.0 Å². The molecule has 200 valence electrons. The Balaban J connectivity index is 2.38. The van der Waals surface area contributed by atoms with Crippen LogP contribution in [0.15, 0.2) is 12.1 Å². The second-order valence-corrected chi connectivity index (χ2v) is 9.72. The summed E-state index contributed by atoms with van der Waals surface area (Å²) in [5, 5.41) is 24.0. The van der Waals surface area contributed by atoms with Crippen molar-refractivity contribution in [3.05, 3.63) is 27.8 Å². The number of carbonyl (C=O) groups is 1. The van der Waals surface area contributed by atoms with Gasteiger partial charge in [-0.2, -0.15) is 0 Å². The van der Waals surface area contributed by atoms with Crippen molar-refractivity contribution in [1.29, 1.82) is 0 Å². The van der Waals surface area contributed by atoms with Crippen molar-refractivity contribution in [3.63, 3.8) is 0 Å². The van der Waals surface area contributed by atoms with Crippen LogP contribution in [0.2, 0.25) is 0 Å². The van der Waals surface area contributed by atoms with Crippen LogP contribution in [0, 0.1) is 10.1 Å².